The zero-order chi connectivity index (χ0) is 20.7. The van der Waals surface area contributed by atoms with Crippen molar-refractivity contribution in [2.45, 2.75) is 0 Å². The molecule has 3 N–H and O–H groups in total. The van der Waals surface area contributed by atoms with Gasteiger partial charge in [-0.2, -0.15) is 0 Å². The first-order valence-electron chi connectivity index (χ1n) is 9.09. The minimum Gasteiger partial charge on any atom is -0.509 e. The number of carbonyl (C=O) groups excluding carboxylic acids is 1. The van der Waals surface area contributed by atoms with Crippen LogP contribution in [0.25, 0.3) is 16.6 Å². The van der Waals surface area contributed by atoms with Crippen LogP contribution in [0.5, 0.6) is 5.75 Å². The molecule has 0 fully saturated rings. The Labute approximate surface area is 167 Å². The molecule has 3 aromatic rings. The van der Waals surface area contributed by atoms with Crippen molar-refractivity contribution in [1.82, 2.24) is 15.0 Å². The molecule has 0 atom stereocenters. The second kappa shape index (κ2) is 6.97. The Morgan fingerprint density at radius 3 is 2.55 bits per heavy atom. The number of amidine groups is 1. The van der Waals surface area contributed by atoms with Crippen LogP contribution in [0.4, 0.5) is 0 Å². The van der Waals surface area contributed by atoms with E-state index in [9.17, 15) is 9.90 Å². The highest BCUT2D eigenvalue weighted by molar-refractivity contribution is 6.23. The summed E-state index contributed by atoms with van der Waals surface area (Å²) in [6.07, 6.45) is 0. The fourth-order valence-electron chi connectivity index (χ4n) is 3.66. The first kappa shape index (κ1) is 18.5. The Morgan fingerprint density at radius 1 is 1.21 bits per heavy atom. The Morgan fingerprint density at radius 2 is 1.90 bits per heavy atom. The predicted molar refractivity (Wildman–Crippen MR) is 109 cm³/mol. The third-order valence-corrected chi connectivity index (χ3v) is 5.16. The van der Waals surface area contributed by atoms with Gasteiger partial charge in [-0.3, -0.25) is 20.6 Å². The lowest BCUT2D eigenvalue weighted by Gasteiger charge is -2.19. The van der Waals surface area contributed by atoms with Crippen molar-refractivity contribution in [3.05, 3.63) is 65.7 Å². The number of amides is 1. The molecule has 0 saturated heterocycles. The highest BCUT2D eigenvalue weighted by Crippen LogP contribution is 2.27. The number of aromatic nitrogens is 2. The molecule has 29 heavy (non-hydrogen) atoms. The van der Waals surface area contributed by atoms with Crippen molar-refractivity contribution in [1.29, 1.82) is 5.41 Å². The maximum Gasteiger partial charge on any atom is 0.296 e. The van der Waals surface area contributed by atoms with Gasteiger partial charge in [-0.25, -0.2) is 9.13 Å². The molecule has 2 heterocycles. The van der Waals surface area contributed by atoms with Gasteiger partial charge in [0.1, 0.15) is 17.1 Å². The van der Waals surface area contributed by atoms with Gasteiger partial charge in [0.2, 0.25) is 0 Å². The Bertz CT molecular complexity index is 1120. The van der Waals surface area contributed by atoms with E-state index < -0.39 is 0 Å². The highest BCUT2D eigenvalue weighted by Gasteiger charge is 2.37. The number of hydrazine groups is 1. The molecule has 0 spiro atoms. The monoisotopic (exact) mass is 392 g/mol. The van der Waals surface area contributed by atoms with Gasteiger partial charge in [-0.1, -0.05) is 12.1 Å². The molecule has 1 aliphatic rings. The number of fused-ring (bicyclic) bond motifs is 1. The summed E-state index contributed by atoms with van der Waals surface area (Å²) in [6.45, 7) is 0.0254. The second-order valence-corrected chi connectivity index (χ2v) is 6.86. The first-order valence-corrected chi connectivity index (χ1v) is 9.09. The Kier molecular flexibility index (Phi) is 4.46. The molecule has 148 valence electrons. The van der Waals surface area contributed by atoms with Gasteiger partial charge < -0.3 is 9.84 Å². The van der Waals surface area contributed by atoms with Gasteiger partial charge in [-0.15, -0.1) is 0 Å². The lowest BCUT2D eigenvalue weighted by Crippen LogP contribution is -2.44. The van der Waals surface area contributed by atoms with E-state index in [1.165, 1.54) is 5.01 Å². The smallest absolute Gasteiger partial charge is 0.296 e. The molecule has 2 aromatic carbocycles. The zero-order valence-electron chi connectivity index (χ0n) is 16.4. The number of aliphatic hydroxyl groups excluding tert-OH is 1. The van der Waals surface area contributed by atoms with Gasteiger partial charge in [-0.05, 0) is 36.4 Å². The van der Waals surface area contributed by atoms with E-state index in [0.29, 0.717) is 22.7 Å². The molecular weight excluding hydrogens is 370 g/mol. The summed E-state index contributed by atoms with van der Waals surface area (Å²) in [5, 5.41) is 20.5. The van der Waals surface area contributed by atoms with Crippen LogP contribution >= 0.6 is 0 Å². The average molecular weight is 392 g/mol. The second-order valence-electron chi connectivity index (χ2n) is 6.86. The van der Waals surface area contributed by atoms with Crippen LogP contribution in [0.15, 0.2) is 54.3 Å². The van der Waals surface area contributed by atoms with Crippen molar-refractivity contribution in [2.24, 2.45) is 14.1 Å². The Balaban J connectivity index is 1.61. The maximum atomic E-state index is 12.6. The van der Waals surface area contributed by atoms with Gasteiger partial charge in [0, 0.05) is 5.56 Å². The summed E-state index contributed by atoms with van der Waals surface area (Å²) < 4.78 is 8.97. The number of nitrogens with one attached hydrogen (secondary N) is 2. The number of methoxy groups -OCH3 is 1. The number of hydrogen-bond donors (Lipinski definition) is 3. The molecule has 8 heteroatoms. The van der Waals surface area contributed by atoms with E-state index in [1.807, 2.05) is 47.5 Å². The predicted octanol–water partition coefficient (Wildman–Crippen LogP) is 1.92. The summed E-state index contributed by atoms with van der Waals surface area (Å²) in [7, 11) is 5.34. The molecular formula is C21H22N5O3+. The van der Waals surface area contributed by atoms with Gasteiger partial charge in [0.25, 0.3) is 11.7 Å². The lowest BCUT2D eigenvalue weighted by atomic mass is 10.2. The summed E-state index contributed by atoms with van der Waals surface area (Å²) in [4.78, 5) is 12.6. The van der Waals surface area contributed by atoms with E-state index in [1.54, 1.807) is 31.4 Å². The van der Waals surface area contributed by atoms with E-state index in [2.05, 4.69) is 5.43 Å². The van der Waals surface area contributed by atoms with E-state index in [0.717, 1.165) is 11.0 Å². The van der Waals surface area contributed by atoms with Crippen LogP contribution in [0.1, 0.15) is 16.2 Å². The molecule has 1 amide bonds. The topological polar surface area (TPSA) is 94.5 Å². The van der Waals surface area contributed by atoms with Crippen molar-refractivity contribution >= 4 is 28.3 Å². The minimum absolute atomic E-state index is 0.0254. The fourth-order valence-corrected chi connectivity index (χ4v) is 3.66. The maximum absolute atomic E-state index is 12.6. The first-order chi connectivity index (χ1) is 13.9. The van der Waals surface area contributed by atoms with Crippen molar-refractivity contribution in [3.8, 4) is 5.75 Å². The number of aryl methyl sites for hydroxylation is 2. The number of aliphatic hydroxyl groups is 1. The molecule has 1 aromatic heterocycles. The van der Waals surface area contributed by atoms with Crippen LogP contribution in [0, 0.1) is 5.41 Å². The van der Waals surface area contributed by atoms with Crippen LogP contribution < -0.4 is 14.7 Å². The number of hydrogen-bond acceptors (Lipinski definition) is 4. The number of rotatable bonds is 4. The van der Waals surface area contributed by atoms with Gasteiger partial charge in [0.05, 0.1) is 27.7 Å². The summed E-state index contributed by atoms with van der Waals surface area (Å²) in [5.74, 6) is 1.04. The zero-order valence-corrected chi connectivity index (χ0v) is 16.4. The molecule has 0 aliphatic carbocycles. The third-order valence-electron chi connectivity index (χ3n) is 5.16. The summed E-state index contributed by atoms with van der Waals surface area (Å²) in [5.41, 5.74) is 5.49. The van der Waals surface area contributed by atoms with Gasteiger partial charge in [0.15, 0.2) is 16.9 Å². The Hall–Kier alpha value is -3.81. The summed E-state index contributed by atoms with van der Waals surface area (Å²) in [6, 6.07) is 14.5. The van der Waals surface area contributed by atoms with E-state index in [4.69, 9.17) is 10.1 Å². The number of nitrogens with zero attached hydrogens (tertiary/aromatic N) is 3. The molecule has 0 unspecified atom stereocenters. The normalized spacial score (nSPS) is 14.0. The number of carbonyl (C=O) groups is 1. The minimum atomic E-state index is -0.368. The SMILES string of the molecule is COc1ccc(C(=O)NN2CC(O)=C(c3n(C)c4ccccc4[n+]3C)C2=N)cc1. The van der Waals surface area contributed by atoms with Crippen molar-refractivity contribution in [3.63, 3.8) is 0 Å². The van der Waals surface area contributed by atoms with Crippen molar-refractivity contribution in [2.75, 3.05) is 13.7 Å². The molecule has 0 bridgehead atoms. The third kappa shape index (κ3) is 2.98. The van der Waals surface area contributed by atoms with Gasteiger partial charge >= 0.3 is 0 Å². The molecule has 4 rings (SSSR count). The van der Waals surface area contributed by atoms with Crippen LogP contribution in [-0.2, 0) is 14.1 Å². The standard InChI is InChI=1S/C21H21N5O3/c1-24-15-6-4-5-7-16(15)25(2)21(24)18-17(27)12-26(19(18)22)23-20(28)13-8-10-14(29-3)11-9-13/h4-11,22H,12H2,1-3H3,(H,23,28)/p+1. The number of imidazole rings is 1. The summed E-state index contributed by atoms with van der Waals surface area (Å²) >= 11 is 0. The molecule has 0 radical (unpaired) electrons. The molecule has 1 aliphatic heterocycles. The van der Waals surface area contributed by atoms with E-state index in [-0.39, 0.29) is 24.0 Å². The highest BCUT2D eigenvalue weighted by atomic mass is 16.5. The quantitative estimate of drug-likeness (QED) is 0.591. The van der Waals surface area contributed by atoms with Crippen LogP contribution in [0.2, 0.25) is 0 Å². The molecule has 8 nitrogen and oxygen atoms in total. The molecule has 0 saturated carbocycles. The fraction of sp³-hybridized carbons (Fsp3) is 0.190. The van der Waals surface area contributed by atoms with Crippen molar-refractivity contribution < 1.29 is 19.2 Å². The average Bonchev–Trinajstić information content (AvgIpc) is 3.14. The lowest BCUT2D eigenvalue weighted by molar-refractivity contribution is -0.648. The number of ether oxygens (including phenoxy) is 1. The number of para-hydroxylation sites is 2. The van der Waals surface area contributed by atoms with Crippen LogP contribution in [0.3, 0.4) is 0 Å². The van der Waals surface area contributed by atoms with E-state index >= 15 is 0 Å². The number of benzene rings is 2. The largest absolute Gasteiger partial charge is 0.509 e. The van der Waals surface area contributed by atoms with Crippen LogP contribution in [-0.4, -0.2) is 40.1 Å².